The predicted octanol–water partition coefficient (Wildman–Crippen LogP) is 3.88. The molecular weight excluding hydrogens is 391 g/mol. The van der Waals surface area contributed by atoms with Crippen molar-refractivity contribution in [3.8, 4) is 16.9 Å². The van der Waals surface area contributed by atoms with Gasteiger partial charge in [-0.25, -0.2) is 9.07 Å². The summed E-state index contributed by atoms with van der Waals surface area (Å²) >= 11 is 0. The third kappa shape index (κ3) is 4.83. The maximum Gasteiger partial charge on any atom is 0.255 e. The Kier molecular flexibility index (Phi) is 6.35. The first-order valence-corrected chi connectivity index (χ1v) is 9.47. The van der Waals surface area contributed by atoms with Crippen LogP contribution in [0.4, 0.5) is 4.39 Å². The normalized spacial score (nSPS) is 14.2. The second-order valence-corrected chi connectivity index (χ2v) is 7.39. The maximum atomic E-state index is 13.3. The summed E-state index contributed by atoms with van der Waals surface area (Å²) < 4.78 is 14.9. The van der Waals surface area contributed by atoms with Crippen molar-refractivity contribution >= 4 is 18.3 Å². The molecule has 1 heterocycles. The Labute approximate surface area is 175 Å². The van der Waals surface area contributed by atoms with Crippen molar-refractivity contribution in [3.05, 3.63) is 71.7 Å². The SMILES string of the molecule is Cc1ccc(-c2nn(-c3ccc(F)cc3)cc2C(=O)NCC(N)C2CC2)cc1.Cl. The summed E-state index contributed by atoms with van der Waals surface area (Å²) in [5, 5.41) is 7.55. The van der Waals surface area contributed by atoms with E-state index in [0.717, 1.165) is 24.0 Å². The van der Waals surface area contributed by atoms with Gasteiger partial charge in [-0.2, -0.15) is 5.10 Å². The molecule has 1 fully saturated rings. The van der Waals surface area contributed by atoms with Crippen molar-refractivity contribution in [2.45, 2.75) is 25.8 Å². The number of nitrogens with two attached hydrogens (primary N) is 1. The molecule has 29 heavy (non-hydrogen) atoms. The number of carbonyl (C=O) groups excluding carboxylic acids is 1. The zero-order valence-electron chi connectivity index (χ0n) is 16.1. The standard InChI is InChI=1S/C22H23FN4O.ClH/c1-14-2-4-16(5-3-14)21-19(22(28)25-12-20(24)15-6-7-15)13-27(26-21)18-10-8-17(23)9-11-18;/h2-5,8-11,13,15,20H,6-7,12,24H2,1H3,(H,25,28);1H. The Balaban J connectivity index is 0.00000240. The van der Waals surface area contributed by atoms with Crippen LogP contribution in [0.25, 0.3) is 16.9 Å². The molecule has 152 valence electrons. The highest BCUT2D eigenvalue weighted by Crippen LogP contribution is 2.31. The van der Waals surface area contributed by atoms with Crippen molar-refractivity contribution in [2.75, 3.05) is 6.54 Å². The summed E-state index contributed by atoms with van der Waals surface area (Å²) in [4.78, 5) is 12.9. The first-order chi connectivity index (χ1) is 13.5. The molecule has 1 amide bonds. The lowest BCUT2D eigenvalue weighted by Gasteiger charge is -2.11. The van der Waals surface area contributed by atoms with E-state index in [1.807, 2.05) is 31.2 Å². The van der Waals surface area contributed by atoms with Crippen molar-refractivity contribution in [1.29, 1.82) is 0 Å². The van der Waals surface area contributed by atoms with E-state index in [1.165, 1.54) is 12.1 Å². The lowest BCUT2D eigenvalue weighted by atomic mass is 10.1. The number of hydrogen-bond acceptors (Lipinski definition) is 3. The molecule has 1 unspecified atom stereocenters. The summed E-state index contributed by atoms with van der Waals surface area (Å²) in [6.07, 6.45) is 3.95. The highest BCUT2D eigenvalue weighted by Gasteiger charge is 2.29. The number of carbonyl (C=O) groups is 1. The summed E-state index contributed by atoms with van der Waals surface area (Å²) in [6.45, 7) is 2.45. The van der Waals surface area contributed by atoms with Crippen molar-refractivity contribution < 1.29 is 9.18 Å². The number of benzene rings is 2. The lowest BCUT2D eigenvalue weighted by molar-refractivity contribution is 0.0951. The van der Waals surface area contributed by atoms with Gasteiger partial charge in [0.25, 0.3) is 5.91 Å². The molecule has 1 aromatic heterocycles. The Morgan fingerprint density at radius 1 is 1.21 bits per heavy atom. The third-order valence-corrected chi connectivity index (χ3v) is 5.10. The van der Waals surface area contributed by atoms with Crippen LogP contribution >= 0.6 is 12.4 Å². The highest BCUT2D eigenvalue weighted by molar-refractivity contribution is 6.00. The molecule has 0 bridgehead atoms. The van der Waals surface area contributed by atoms with Gasteiger partial charge in [-0.15, -0.1) is 12.4 Å². The molecule has 0 aliphatic heterocycles. The number of aryl methyl sites for hydroxylation is 1. The first-order valence-electron chi connectivity index (χ1n) is 9.47. The predicted molar refractivity (Wildman–Crippen MR) is 114 cm³/mol. The third-order valence-electron chi connectivity index (χ3n) is 5.10. The van der Waals surface area contributed by atoms with Crippen molar-refractivity contribution in [3.63, 3.8) is 0 Å². The molecule has 4 rings (SSSR count). The maximum absolute atomic E-state index is 13.3. The minimum Gasteiger partial charge on any atom is -0.350 e. The molecule has 1 aliphatic rings. The Morgan fingerprint density at radius 3 is 2.48 bits per heavy atom. The van der Waals surface area contributed by atoms with Gasteiger partial charge in [-0.1, -0.05) is 29.8 Å². The summed E-state index contributed by atoms with van der Waals surface area (Å²) in [5.41, 5.74) is 9.83. The Bertz CT molecular complexity index is 981. The molecular formula is C22H24ClFN4O. The topological polar surface area (TPSA) is 72.9 Å². The molecule has 0 spiro atoms. The highest BCUT2D eigenvalue weighted by atomic mass is 35.5. The van der Waals surface area contributed by atoms with Gasteiger partial charge in [0.2, 0.25) is 0 Å². The molecule has 3 aromatic rings. The van der Waals surface area contributed by atoms with E-state index in [2.05, 4.69) is 10.4 Å². The van der Waals surface area contributed by atoms with E-state index >= 15 is 0 Å². The van der Waals surface area contributed by atoms with E-state index in [4.69, 9.17) is 5.73 Å². The number of rotatable bonds is 6. The molecule has 7 heteroatoms. The Hall–Kier alpha value is -2.70. The lowest BCUT2D eigenvalue weighted by Crippen LogP contribution is -2.38. The van der Waals surface area contributed by atoms with Gasteiger partial charge in [-0.3, -0.25) is 4.79 Å². The largest absolute Gasteiger partial charge is 0.350 e. The van der Waals surface area contributed by atoms with Gasteiger partial charge < -0.3 is 11.1 Å². The van der Waals surface area contributed by atoms with E-state index in [-0.39, 0.29) is 30.2 Å². The zero-order chi connectivity index (χ0) is 19.7. The molecule has 1 aliphatic carbocycles. The van der Waals surface area contributed by atoms with Crippen LogP contribution in [-0.2, 0) is 0 Å². The number of aromatic nitrogens is 2. The smallest absolute Gasteiger partial charge is 0.255 e. The molecule has 0 radical (unpaired) electrons. The van der Waals surface area contributed by atoms with Crippen LogP contribution in [0.2, 0.25) is 0 Å². The monoisotopic (exact) mass is 414 g/mol. The van der Waals surface area contributed by atoms with Crippen LogP contribution < -0.4 is 11.1 Å². The molecule has 2 aromatic carbocycles. The molecule has 0 saturated heterocycles. The average molecular weight is 415 g/mol. The van der Waals surface area contributed by atoms with Gasteiger partial charge in [-0.05, 0) is 49.9 Å². The second kappa shape index (κ2) is 8.76. The van der Waals surface area contributed by atoms with Gasteiger partial charge in [0, 0.05) is 24.3 Å². The van der Waals surface area contributed by atoms with Crippen LogP contribution in [-0.4, -0.2) is 28.3 Å². The van der Waals surface area contributed by atoms with E-state index in [9.17, 15) is 9.18 Å². The van der Waals surface area contributed by atoms with Crippen LogP contribution in [0.3, 0.4) is 0 Å². The van der Waals surface area contributed by atoms with E-state index in [1.54, 1.807) is 23.0 Å². The number of hydrogen-bond donors (Lipinski definition) is 2. The first kappa shape index (κ1) is 21.0. The Morgan fingerprint density at radius 2 is 1.86 bits per heavy atom. The average Bonchev–Trinajstić information content (AvgIpc) is 3.46. The van der Waals surface area contributed by atoms with Gasteiger partial charge in [0.1, 0.15) is 11.5 Å². The van der Waals surface area contributed by atoms with Gasteiger partial charge >= 0.3 is 0 Å². The minimum absolute atomic E-state index is 0. The van der Waals surface area contributed by atoms with Gasteiger partial charge in [0.05, 0.1) is 11.3 Å². The fraction of sp³-hybridized carbons (Fsp3) is 0.273. The van der Waals surface area contributed by atoms with E-state index < -0.39 is 0 Å². The second-order valence-electron chi connectivity index (χ2n) is 7.39. The van der Waals surface area contributed by atoms with Crippen molar-refractivity contribution in [1.82, 2.24) is 15.1 Å². The van der Waals surface area contributed by atoms with Crippen LogP contribution in [0, 0.1) is 18.7 Å². The number of nitrogens with one attached hydrogen (secondary N) is 1. The van der Waals surface area contributed by atoms with Crippen LogP contribution in [0.1, 0.15) is 28.8 Å². The minimum atomic E-state index is -0.318. The summed E-state index contributed by atoms with van der Waals surface area (Å²) in [5.74, 6) is -0.0134. The molecule has 1 atom stereocenters. The zero-order valence-corrected chi connectivity index (χ0v) is 17.0. The number of amides is 1. The summed E-state index contributed by atoms with van der Waals surface area (Å²) in [6, 6.07) is 13.8. The molecule has 1 saturated carbocycles. The van der Waals surface area contributed by atoms with Gasteiger partial charge in [0.15, 0.2) is 0 Å². The van der Waals surface area contributed by atoms with Crippen LogP contribution in [0.15, 0.2) is 54.7 Å². The fourth-order valence-electron chi connectivity index (χ4n) is 3.19. The molecule has 5 nitrogen and oxygen atoms in total. The number of nitrogens with zero attached hydrogens (tertiary/aromatic N) is 2. The molecule has 3 N–H and O–H groups in total. The van der Waals surface area contributed by atoms with Crippen molar-refractivity contribution in [2.24, 2.45) is 11.7 Å². The van der Waals surface area contributed by atoms with E-state index in [0.29, 0.717) is 29.4 Å². The fourth-order valence-corrected chi connectivity index (χ4v) is 3.19. The number of halogens is 2. The van der Waals surface area contributed by atoms with Crippen LogP contribution in [0.5, 0.6) is 0 Å². The quantitative estimate of drug-likeness (QED) is 0.643. The summed E-state index contributed by atoms with van der Waals surface area (Å²) in [7, 11) is 0.